The van der Waals surface area contributed by atoms with E-state index >= 15 is 0 Å². The van der Waals surface area contributed by atoms with Gasteiger partial charge in [0.2, 0.25) is 0 Å². The maximum Gasteiger partial charge on any atom is 0.0818 e. The van der Waals surface area contributed by atoms with Crippen LogP contribution in [0.2, 0.25) is 45.2 Å². The smallest absolute Gasteiger partial charge is 0.0818 e. The first-order valence-corrected chi connectivity index (χ1v) is 12.4. The van der Waals surface area contributed by atoms with E-state index in [0.29, 0.717) is 68.8 Å². The predicted molar refractivity (Wildman–Crippen MR) is 146 cm³/mol. The van der Waals surface area contributed by atoms with Crippen molar-refractivity contribution in [1.29, 1.82) is 0 Å². The lowest BCUT2D eigenvalue weighted by atomic mass is 9.97. The molecule has 0 radical (unpaired) electrons. The zero-order valence-electron chi connectivity index (χ0n) is 16.0. The Labute approximate surface area is 235 Å². The van der Waals surface area contributed by atoms with Crippen LogP contribution in [0.5, 0.6) is 0 Å². The van der Waals surface area contributed by atoms with Crippen LogP contribution in [0.25, 0.3) is 33.6 Å². The summed E-state index contributed by atoms with van der Waals surface area (Å²) in [6.07, 6.45) is 0. The molecule has 4 aromatic rings. The fourth-order valence-corrected chi connectivity index (χ4v) is 6.37. The van der Waals surface area contributed by atoms with Gasteiger partial charge in [0.25, 0.3) is 0 Å². The average molecular weight is 617 g/mol. The minimum Gasteiger partial charge on any atom is -0.247 e. The van der Waals surface area contributed by atoms with Gasteiger partial charge < -0.3 is 0 Å². The molecular formula is C23H8Cl9N. The minimum absolute atomic E-state index is 0.285. The molecule has 3 aromatic carbocycles. The second-order valence-electron chi connectivity index (χ2n) is 6.83. The van der Waals surface area contributed by atoms with Crippen molar-refractivity contribution in [3.8, 4) is 33.6 Å². The highest BCUT2D eigenvalue weighted by atomic mass is 35.5. The van der Waals surface area contributed by atoms with E-state index in [4.69, 9.17) is 109 Å². The molecule has 0 aliphatic carbocycles. The maximum atomic E-state index is 6.55. The molecule has 0 saturated heterocycles. The molecule has 0 saturated carbocycles. The van der Waals surface area contributed by atoms with E-state index in [1.807, 2.05) is 0 Å². The first-order chi connectivity index (χ1) is 15.6. The molecule has 10 heteroatoms. The van der Waals surface area contributed by atoms with Crippen LogP contribution in [0, 0.1) is 0 Å². The molecule has 33 heavy (non-hydrogen) atoms. The molecule has 1 nitrogen and oxygen atoms in total. The zero-order chi connectivity index (χ0) is 24.0. The summed E-state index contributed by atoms with van der Waals surface area (Å²) in [4.78, 5) is 4.82. The number of pyridine rings is 1. The average Bonchev–Trinajstić information content (AvgIpc) is 2.67. The number of benzene rings is 3. The third kappa shape index (κ3) is 5.19. The summed E-state index contributed by atoms with van der Waals surface area (Å²) in [5.74, 6) is 0. The van der Waals surface area contributed by atoms with Crippen LogP contribution in [0.3, 0.4) is 0 Å². The molecule has 0 N–H and O–H groups in total. The summed E-state index contributed by atoms with van der Waals surface area (Å²) < 4.78 is 0. The summed E-state index contributed by atoms with van der Waals surface area (Å²) in [6.45, 7) is 0. The summed E-state index contributed by atoms with van der Waals surface area (Å²) in [5, 5.41) is 3.04. The molecule has 0 amide bonds. The Kier molecular flexibility index (Phi) is 7.88. The fraction of sp³-hybridized carbons (Fsp3) is 0. The van der Waals surface area contributed by atoms with Crippen molar-refractivity contribution in [2.24, 2.45) is 0 Å². The number of aromatic nitrogens is 1. The van der Waals surface area contributed by atoms with Gasteiger partial charge in [0.05, 0.1) is 41.5 Å². The maximum absolute atomic E-state index is 6.55. The Morgan fingerprint density at radius 2 is 0.788 bits per heavy atom. The van der Waals surface area contributed by atoms with Gasteiger partial charge in [-0.3, -0.25) is 0 Å². The Morgan fingerprint density at radius 1 is 0.424 bits per heavy atom. The second kappa shape index (κ2) is 10.2. The molecule has 0 bridgehead atoms. The van der Waals surface area contributed by atoms with E-state index in [1.54, 1.807) is 48.5 Å². The Hall–Kier alpha value is -0.580. The highest BCUT2D eigenvalue weighted by Gasteiger charge is 2.22. The van der Waals surface area contributed by atoms with Gasteiger partial charge in [0.1, 0.15) is 0 Å². The highest BCUT2D eigenvalue weighted by molar-refractivity contribution is 6.44. The van der Waals surface area contributed by atoms with E-state index in [1.165, 1.54) is 0 Å². The van der Waals surface area contributed by atoms with Gasteiger partial charge in [-0.1, -0.05) is 104 Å². The lowest BCUT2D eigenvalue weighted by Crippen LogP contribution is -1.96. The summed E-state index contributed by atoms with van der Waals surface area (Å²) >= 11 is 57.3. The van der Waals surface area contributed by atoms with Crippen LogP contribution in [-0.2, 0) is 0 Å². The van der Waals surface area contributed by atoms with E-state index in [0.717, 1.165) is 0 Å². The van der Waals surface area contributed by atoms with E-state index in [-0.39, 0.29) is 10.0 Å². The first-order valence-electron chi connectivity index (χ1n) is 9.02. The lowest BCUT2D eigenvalue weighted by Gasteiger charge is -2.17. The van der Waals surface area contributed by atoms with Crippen molar-refractivity contribution in [3.63, 3.8) is 0 Å². The number of hydrogen-bond acceptors (Lipinski definition) is 1. The standard InChI is InChI=1S/C23H8Cl9N/c24-9-3-13(27)20(14(28)4-9)12-1-2-19(21-15(29)5-10(25)6-16(21)30)33-23(12)22-17(31)7-11(26)8-18(22)32/h1-8H. The second-order valence-corrected chi connectivity index (χ2v) is 10.6. The number of rotatable bonds is 3. The van der Waals surface area contributed by atoms with Crippen molar-refractivity contribution in [1.82, 2.24) is 4.98 Å². The summed E-state index contributed by atoms with van der Waals surface area (Å²) in [5.41, 5.74) is 2.86. The van der Waals surface area contributed by atoms with Crippen LogP contribution < -0.4 is 0 Å². The number of halogens is 9. The first kappa shape index (κ1) is 25.5. The third-order valence-corrected chi connectivity index (χ3v) is 7.12. The molecule has 0 spiro atoms. The molecule has 1 aromatic heterocycles. The zero-order valence-corrected chi connectivity index (χ0v) is 22.8. The van der Waals surface area contributed by atoms with Crippen LogP contribution in [0.1, 0.15) is 0 Å². The van der Waals surface area contributed by atoms with E-state index in [2.05, 4.69) is 0 Å². The van der Waals surface area contributed by atoms with Crippen molar-refractivity contribution in [2.75, 3.05) is 0 Å². The van der Waals surface area contributed by atoms with Gasteiger partial charge in [-0.15, -0.1) is 0 Å². The monoisotopic (exact) mass is 613 g/mol. The molecular weight excluding hydrogens is 609 g/mol. The third-order valence-electron chi connectivity index (χ3n) is 4.68. The van der Waals surface area contributed by atoms with Crippen LogP contribution in [0.15, 0.2) is 48.5 Å². The summed E-state index contributed by atoms with van der Waals surface area (Å²) in [7, 11) is 0. The predicted octanol–water partition coefficient (Wildman–Crippen LogP) is 12.0. The Bertz CT molecular complexity index is 1350. The van der Waals surface area contributed by atoms with Crippen LogP contribution in [0.4, 0.5) is 0 Å². The van der Waals surface area contributed by atoms with Gasteiger partial charge in [-0.2, -0.15) is 0 Å². The molecule has 0 unspecified atom stereocenters. The molecule has 1 heterocycles. The fourth-order valence-electron chi connectivity index (χ4n) is 3.35. The van der Waals surface area contributed by atoms with Gasteiger partial charge in [0.15, 0.2) is 0 Å². The summed E-state index contributed by atoms with van der Waals surface area (Å²) in [6, 6.07) is 13.0. The van der Waals surface area contributed by atoms with Crippen LogP contribution in [-0.4, -0.2) is 4.98 Å². The van der Waals surface area contributed by atoms with Crippen molar-refractivity contribution in [2.45, 2.75) is 0 Å². The molecule has 0 atom stereocenters. The minimum atomic E-state index is 0.285. The van der Waals surface area contributed by atoms with Crippen molar-refractivity contribution in [3.05, 3.63) is 93.7 Å². The Morgan fingerprint density at radius 3 is 1.21 bits per heavy atom. The van der Waals surface area contributed by atoms with E-state index < -0.39 is 0 Å². The van der Waals surface area contributed by atoms with Crippen molar-refractivity contribution >= 4 is 104 Å². The normalized spacial score (nSPS) is 11.2. The number of hydrogen-bond donors (Lipinski definition) is 0. The topological polar surface area (TPSA) is 12.9 Å². The molecule has 4 rings (SSSR count). The molecule has 0 fully saturated rings. The largest absolute Gasteiger partial charge is 0.247 e. The van der Waals surface area contributed by atoms with E-state index in [9.17, 15) is 0 Å². The lowest BCUT2D eigenvalue weighted by molar-refractivity contribution is 1.32. The molecule has 0 aliphatic rings. The van der Waals surface area contributed by atoms with Crippen molar-refractivity contribution < 1.29 is 0 Å². The molecule has 168 valence electrons. The van der Waals surface area contributed by atoms with Gasteiger partial charge >= 0.3 is 0 Å². The van der Waals surface area contributed by atoms with Gasteiger partial charge in [-0.05, 0) is 48.5 Å². The SMILES string of the molecule is Clc1cc(Cl)c(-c2ccc(-c3c(Cl)cc(Cl)cc3Cl)c(-c3c(Cl)cc(Cl)cc3Cl)n2)c(Cl)c1. The number of nitrogens with zero attached hydrogens (tertiary/aromatic N) is 1. The molecule has 0 aliphatic heterocycles. The van der Waals surface area contributed by atoms with Gasteiger partial charge in [0, 0.05) is 37.3 Å². The quantitative estimate of drug-likeness (QED) is 0.223. The Balaban J connectivity index is 2.09. The van der Waals surface area contributed by atoms with Crippen LogP contribution >= 0.6 is 104 Å². The highest BCUT2D eigenvalue weighted by Crippen LogP contribution is 2.47. The van der Waals surface area contributed by atoms with Gasteiger partial charge in [-0.25, -0.2) is 4.98 Å².